The minimum absolute atomic E-state index is 0. The summed E-state index contributed by atoms with van der Waals surface area (Å²) in [4.78, 5) is 26.2. The molecule has 3 fully saturated rings. The molecule has 0 aromatic carbocycles. The van der Waals surface area contributed by atoms with E-state index in [2.05, 4.69) is 0 Å². The first-order valence-electron chi connectivity index (χ1n) is 11.0. The number of aliphatic hydroxyl groups is 4. The van der Waals surface area contributed by atoms with Gasteiger partial charge in [0.2, 0.25) is 0 Å². The molecule has 4 aliphatic rings. The second-order valence-electron chi connectivity index (χ2n) is 10.9. The molecule has 0 unspecified atom stereocenters. The van der Waals surface area contributed by atoms with Gasteiger partial charge >= 0.3 is 5.97 Å². The minimum Gasteiger partial charge on any atom is -0.459 e. The van der Waals surface area contributed by atoms with E-state index in [0.717, 1.165) is 0 Å². The van der Waals surface area contributed by atoms with Gasteiger partial charge in [-0.05, 0) is 30.4 Å². The van der Waals surface area contributed by atoms with Crippen LogP contribution < -0.4 is 0 Å². The van der Waals surface area contributed by atoms with Gasteiger partial charge in [0.05, 0.1) is 18.8 Å². The summed E-state index contributed by atoms with van der Waals surface area (Å²) in [5.74, 6) is -2.50. The summed E-state index contributed by atoms with van der Waals surface area (Å²) in [6, 6.07) is 0. The molecule has 177 valence electrons. The quantitative estimate of drug-likeness (QED) is 0.235. The van der Waals surface area contributed by atoms with Gasteiger partial charge in [0.1, 0.15) is 23.4 Å². The Morgan fingerprint density at radius 3 is 2.28 bits per heavy atom. The second kappa shape index (κ2) is 8.08. The van der Waals surface area contributed by atoms with Gasteiger partial charge in [0.15, 0.2) is 5.78 Å². The SMILES string of the molecule is CC(=O)O[C@H]1[C@@H]2[C@]3(O)CO[C@@H]3C[C@H](C)[C@@]2(C)C(=O)[C@H](O)C2=C(C)[C@@H](O)C[C@]1(O)C2(C)C.[Ac]. The molecule has 4 rings (SSSR count). The van der Waals surface area contributed by atoms with Crippen LogP contribution in [0.5, 0.6) is 0 Å². The number of carbonyl (C=O) groups is 2. The minimum atomic E-state index is -1.84. The molecular formula is C23H34AcO8. The number of carbonyl (C=O) groups excluding carboxylic acids is 2. The van der Waals surface area contributed by atoms with Crippen molar-refractivity contribution in [2.24, 2.45) is 22.7 Å². The Labute approximate surface area is 224 Å². The smallest absolute Gasteiger partial charge is 0.303 e. The monoisotopic (exact) mass is 665 g/mol. The van der Waals surface area contributed by atoms with Crippen molar-refractivity contribution < 1.29 is 83.6 Å². The molecule has 9 atom stereocenters. The molecule has 1 radical (unpaired) electrons. The molecule has 8 nitrogen and oxygen atoms in total. The van der Waals surface area contributed by atoms with Gasteiger partial charge in [-0.15, -0.1) is 0 Å². The van der Waals surface area contributed by atoms with Gasteiger partial charge in [-0.25, -0.2) is 0 Å². The fraction of sp³-hybridized carbons (Fsp3) is 0.826. The number of ether oxygens (including phenoxy) is 2. The second-order valence-corrected chi connectivity index (χ2v) is 10.9. The van der Waals surface area contributed by atoms with Gasteiger partial charge < -0.3 is 29.9 Å². The number of ketones is 1. The molecule has 32 heavy (non-hydrogen) atoms. The van der Waals surface area contributed by atoms with Crippen LogP contribution in [-0.2, 0) is 19.1 Å². The van der Waals surface area contributed by atoms with Crippen molar-refractivity contribution in [3.05, 3.63) is 11.1 Å². The van der Waals surface area contributed by atoms with Crippen molar-refractivity contribution in [3.63, 3.8) is 0 Å². The summed E-state index contributed by atoms with van der Waals surface area (Å²) in [5.41, 5.74) is -5.18. The summed E-state index contributed by atoms with van der Waals surface area (Å²) in [5, 5.41) is 46.0. The summed E-state index contributed by atoms with van der Waals surface area (Å²) < 4.78 is 11.4. The van der Waals surface area contributed by atoms with Crippen molar-refractivity contribution in [2.45, 2.75) is 90.0 Å². The van der Waals surface area contributed by atoms with Gasteiger partial charge in [-0.3, -0.25) is 9.59 Å². The number of rotatable bonds is 1. The number of hydrogen-bond acceptors (Lipinski definition) is 8. The van der Waals surface area contributed by atoms with Gasteiger partial charge in [0, 0.05) is 74.2 Å². The number of aliphatic hydroxyl groups excluding tert-OH is 2. The van der Waals surface area contributed by atoms with Crippen LogP contribution in [0.15, 0.2) is 11.1 Å². The van der Waals surface area contributed by atoms with Crippen molar-refractivity contribution in [3.8, 4) is 0 Å². The molecule has 2 bridgehead atoms. The average Bonchev–Trinajstić information content (AvgIpc) is 2.66. The zero-order valence-corrected chi connectivity index (χ0v) is 24.3. The molecule has 4 N–H and O–H groups in total. The Morgan fingerprint density at radius 1 is 1.19 bits per heavy atom. The topological polar surface area (TPSA) is 134 Å². The van der Waals surface area contributed by atoms with Gasteiger partial charge in [-0.2, -0.15) is 0 Å². The third-order valence-corrected chi connectivity index (χ3v) is 9.15. The van der Waals surface area contributed by atoms with Crippen molar-refractivity contribution in [1.29, 1.82) is 0 Å². The van der Waals surface area contributed by atoms with Crippen LogP contribution in [0, 0.1) is 66.7 Å². The van der Waals surface area contributed by atoms with E-state index >= 15 is 0 Å². The Bertz CT molecular complexity index is 870. The van der Waals surface area contributed by atoms with Crippen LogP contribution in [0.2, 0.25) is 0 Å². The first kappa shape index (κ1) is 26.7. The van der Waals surface area contributed by atoms with Crippen LogP contribution >= 0.6 is 0 Å². The Hall–Kier alpha value is 0.122. The summed E-state index contributed by atoms with van der Waals surface area (Å²) in [6.07, 6.45) is -4.32. The van der Waals surface area contributed by atoms with E-state index in [1.165, 1.54) is 6.92 Å². The largest absolute Gasteiger partial charge is 0.459 e. The van der Waals surface area contributed by atoms with Crippen molar-refractivity contribution in [2.75, 3.05) is 6.61 Å². The Morgan fingerprint density at radius 2 is 1.78 bits per heavy atom. The maximum absolute atomic E-state index is 13.9. The molecule has 1 heterocycles. The normalized spacial score (nSPS) is 49.5. The van der Waals surface area contributed by atoms with E-state index in [9.17, 15) is 30.0 Å². The summed E-state index contributed by atoms with van der Waals surface area (Å²) >= 11 is 0. The fourth-order valence-electron chi connectivity index (χ4n) is 6.98. The molecule has 0 spiro atoms. The van der Waals surface area contributed by atoms with Crippen LogP contribution in [0.1, 0.15) is 54.4 Å². The van der Waals surface area contributed by atoms with E-state index in [-0.39, 0.29) is 68.6 Å². The third kappa shape index (κ3) is 3.15. The van der Waals surface area contributed by atoms with E-state index in [1.807, 2.05) is 6.92 Å². The molecule has 2 saturated carbocycles. The maximum atomic E-state index is 13.9. The zero-order valence-electron chi connectivity index (χ0n) is 19.6. The maximum Gasteiger partial charge on any atom is 0.303 e. The van der Waals surface area contributed by atoms with Crippen molar-refractivity contribution in [1.82, 2.24) is 0 Å². The number of esters is 1. The zero-order chi connectivity index (χ0) is 23.3. The van der Waals surface area contributed by atoms with Gasteiger partial charge in [0.25, 0.3) is 0 Å². The van der Waals surface area contributed by atoms with E-state index < -0.39 is 64.1 Å². The standard InChI is InChI=1S/C23H34O8.Ac/c1-10-7-14-22(28,9-30-14)17-19(31-12(3)24)23(29)8-13(25)11(2)15(20(23,4)5)16(26)18(27)21(10,17)6;/h10,13-14,16-17,19,25-26,28-29H,7-9H2,1-6H3;/t10-,13-,14+,16+,17-,19-,21+,22-,23+;/m0./s1. The van der Waals surface area contributed by atoms with E-state index in [1.54, 1.807) is 27.7 Å². The third-order valence-electron chi connectivity index (χ3n) is 9.15. The predicted octanol–water partition coefficient (Wildman–Crippen LogP) is 0.492. The van der Waals surface area contributed by atoms with Crippen LogP contribution in [0.25, 0.3) is 0 Å². The number of Topliss-reactive ketones (excluding diaryl/α,β-unsaturated/α-hetero) is 1. The molecule has 0 aromatic heterocycles. The van der Waals surface area contributed by atoms with Gasteiger partial charge in [-0.1, -0.05) is 27.7 Å². The molecule has 0 amide bonds. The number of hydrogen-bond donors (Lipinski definition) is 4. The molecular weight excluding hydrogens is 631 g/mol. The molecule has 1 aliphatic heterocycles. The molecule has 3 aliphatic carbocycles. The number of fused-ring (bicyclic) bond motifs is 5. The van der Waals surface area contributed by atoms with E-state index in [4.69, 9.17) is 9.47 Å². The van der Waals surface area contributed by atoms with Crippen LogP contribution in [0.4, 0.5) is 0 Å². The fourth-order valence-corrected chi connectivity index (χ4v) is 6.98. The predicted molar refractivity (Wildman–Crippen MR) is 109 cm³/mol. The molecule has 1 saturated heterocycles. The first-order valence-corrected chi connectivity index (χ1v) is 11.0. The summed E-state index contributed by atoms with van der Waals surface area (Å²) in [6.45, 7) is 9.69. The Kier molecular flexibility index (Phi) is 6.75. The first-order chi connectivity index (χ1) is 14.1. The van der Waals surface area contributed by atoms with Crippen LogP contribution in [-0.4, -0.2) is 74.4 Å². The van der Waals surface area contributed by atoms with Crippen molar-refractivity contribution >= 4 is 11.8 Å². The molecule has 9 heteroatoms. The van der Waals surface area contributed by atoms with Crippen LogP contribution in [0.3, 0.4) is 0 Å². The summed E-state index contributed by atoms with van der Waals surface area (Å²) in [7, 11) is 0. The van der Waals surface area contributed by atoms with E-state index in [0.29, 0.717) is 12.0 Å². The average molecular weight is 666 g/mol. The Balaban J connectivity index is 0.00000289. The molecule has 0 aromatic rings.